The normalized spacial score (nSPS) is 27.3. The fourth-order valence-electron chi connectivity index (χ4n) is 7.11. The molecule has 4 aliphatic carbocycles. The number of esters is 2. The van der Waals surface area contributed by atoms with Gasteiger partial charge in [0.2, 0.25) is 6.10 Å². The number of carbonyl (C=O) groups is 2. The number of hydrogen-bond acceptors (Lipinski definition) is 8. The molecule has 0 saturated heterocycles. The van der Waals surface area contributed by atoms with Gasteiger partial charge in [-0.15, -0.1) is 0 Å². The zero-order valence-corrected chi connectivity index (χ0v) is 29.9. The molecule has 16 heteroatoms. The Kier molecular flexibility index (Phi) is 12.4. The number of benzene rings is 1. The topological polar surface area (TPSA) is 136 Å². The molecule has 4 fully saturated rings. The molecule has 286 valence electrons. The lowest BCUT2D eigenvalue weighted by molar-refractivity contribution is -0.260. The minimum absolute atomic E-state index is 0.0113. The van der Waals surface area contributed by atoms with Crippen molar-refractivity contribution in [2.45, 2.75) is 128 Å². The van der Waals surface area contributed by atoms with Crippen LogP contribution in [0.3, 0.4) is 0 Å². The third-order valence-electron chi connectivity index (χ3n) is 10.3. The highest BCUT2D eigenvalue weighted by Crippen LogP contribution is 2.63. The highest BCUT2D eigenvalue weighted by atomic mass is 32.2. The lowest BCUT2D eigenvalue weighted by Gasteiger charge is -2.60. The molecule has 0 heterocycles. The summed E-state index contributed by atoms with van der Waals surface area (Å²) < 4.78 is 124. The van der Waals surface area contributed by atoms with Crippen molar-refractivity contribution in [3.05, 3.63) is 29.8 Å². The smallest absolute Gasteiger partial charge is 0.426 e. The Hall–Kier alpha value is -2.59. The van der Waals surface area contributed by atoms with Gasteiger partial charge in [0.1, 0.15) is 23.7 Å². The van der Waals surface area contributed by atoms with Crippen LogP contribution in [-0.4, -0.2) is 72.0 Å². The van der Waals surface area contributed by atoms with Crippen LogP contribution in [0.5, 0.6) is 5.75 Å². The van der Waals surface area contributed by atoms with Crippen LogP contribution in [0.1, 0.15) is 104 Å². The number of ether oxygens (including phenoxy) is 3. The molecule has 5 unspecified atom stereocenters. The van der Waals surface area contributed by atoms with Gasteiger partial charge in [-0.1, -0.05) is 32.9 Å². The minimum Gasteiger partial charge on any atom is -0.490 e. The van der Waals surface area contributed by atoms with E-state index in [4.69, 9.17) is 14.0 Å². The van der Waals surface area contributed by atoms with Crippen LogP contribution in [0.4, 0.5) is 26.3 Å². The summed E-state index contributed by atoms with van der Waals surface area (Å²) in [6.45, 7) is 9.31. The summed E-state index contributed by atoms with van der Waals surface area (Å²) in [5.41, 5.74) is -4.76. The Labute approximate surface area is 289 Å². The van der Waals surface area contributed by atoms with Gasteiger partial charge in [-0.25, -0.2) is 0 Å². The van der Waals surface area contributed by atoms with Crippen LogP contribution in [0.2, 0.25) is 0 Å². The molecule has 1 aromatic rings. The molecule has 0 radical (unpaired) electrons. The van der Waals surface area contributed by atoms with Gasteiger partial charge in [-0.05, 0) is 101 Å². The number of alkyl halides is 6. The van der Waals surface area contributed by atoms with E-state index >= 15 is 0 Å². The molecule has 1 aromatic carbocycles. The van der Waals surface area contributed by atoms with Gasteiger partial charge in [-0.3, -0.25) is 14.1 Å². The van der Waals surface area contributed by atoms with Gasteiger partial charge in [-0.2, -0.15) is 34.8 Å². The number of hydrogen-bond donors (Lipinski definition) is 2. The van der Waals surface area contributed by atoms with E-state index in [1.54, 1.807) is 32.0 Å². The van der Waals surface area contributed by atoms with Crippen molar-refractivity contribution >= 4 is 22.1 Å². The molecule has 5 rings (SSSR count). The van der Waals surface area contributed by atoms with Crippen LogP contribution in [0.15, 0.2) is 24.3 Å². The van der Waals surface area contributed by atoms with Crippen LogP contribution < -0.4 is 4.74 Å². The number of halogens is 6. The van der Waals surface area contributed by atoms with Gasteiger partial charge in [0.05, 0.1) is 10.8 Å². The molecule has 5 atom stereocenters. The summed E-state index contributed by atoms with van der Waals surface area (Å²) in [5, 5.41) is 9.29. The highest BCUT2D eigenvalue weighted by Gasteiger charge is 2.64. The Balaban J connectivity index is 0.000000305. The summed E-state index contributed by atoms with van der Waals surface area (Å²) in [6, 6.07) is 6.93. The minimum atomic E-state index is -5.15. The van der Waals surface area contributed by atoms with E-state index in [1.807, 2.05) is 26.8 Å². The zero-order valence-electron chi connectivity index (χ0n) is 29.1. The molecule has 4 bridgehead atoms. The second-order valence-electron chi connectivity index (χ2n) is 15.2. The van der Waals surface area contributed by atoms with E-state index in [1.165, 1.54) is 0 Å². The average molecular weight is 747 g/mol. The van der Waals surface area contributed by atoms with E-state index in [-0.39, 0.29) is 18.3 Å². The molecule has 0 aromatic heterocycles. The summed E-state index contributed by atoms with van der Waals surface area (Å²) >= 11 is 0. The monoisotopic (exact) mass is 746 g/mol. The first kappa shape index (κ1) is 41.8. The quantitative estimate of drug-likeness (QED) is 0.126. The summed E-state index contributed by atoms with van der Waals surface area (Å²) in [6.07, 6.45) is -8.73. The number of carbonyl (C=O) groups excluding carboxylic acids is 2. The first-order valence-electron chi connectivity index (χ1n) is 16.6. The molecule has 0 spiro atoms. The first-order valence-corrected chi connectivity index (χ1v) is 18.3. The molecule has 0 amide bonds. The Morgan fingerprint density at radius 2 is 1.58 bits per heavy atom. The van der Waals surface area contributed by atoms with Crippen LogP contribution in [0, 0.1) is 22.7 Å². The largest absolute Gasteiger partial charge is 0.490 e. The van der Waals surface area contributed by atoms with Gasteiger partial charge in [0.25, 0.3) is 10.1 Å². The molecular formula is C34H48F6O9S. The predicted octanol–water partition coefficient (Wildman–Crippen LogP) is 7.56. The second-order valence-corrected chi connectivity index (χ2v) is 16.7. The second kappa shape index (κ2) is 14.8. The summed E-state index contributed by atoms with van der Waals surface area (Å²) in [5.74, 6) is -2.62. The van der Waals surface area contributed by atoms with Crippen LogP contribution in [0.25, 0.3) is 0 Å². The Morgan fingerprint density at radius 1 is 1.00 bits per heavy atom. The first-order chi connectivity index (χ1) is 22.7. The molecule has 0 aliphatic heterocycles. The highest BCUT2D eigenvalue weighted by molar-refractivity contribution is 7.85. The SMILES string of the molecule is CCC(C)(C)C(=O)OC12CC3CC(C1)CC(C(=O)OC(CS(=O)(=O)O)C(F)(F)F)(C3)C2.CCC(C)c1cccc(OCC(C)(O)C(F)(F)F)c1. The molecule has 4 aliphatic rings. The Morgan fingerprint density at radius 3 is 2.06 bits per heavy atom. The molecular weight excluding hydrogens is 698 g/mol. The fourth-order valence-corrected chi connectivity index (χ4v) is 7.75. The predicted molar refractivity (Wildman–Crippen MR) is 170 cm³/mol. The fraction of sp³-hybridized carbons (Fsp3) is 0.765. The van der Waals surface area contributed by atoms with Crippen molar-refractivity contribution in [3.63, 3.8) is 0 Å². The molecule has 4 saturated carbocycles. The Bertz CT molecular complexity index is 1460. The maximum atomic E-state index is 13.3. The van der Waals surface area contributed by atoms with Crippen molar-refractivity contribution in [1.82, 2.24) is 0 Å². The lowest BCUT2D eigenvalue weighted by atomic mass is 9.48. The maximum Gasteiger partial charge on any atom is 0.426 e. The van der Waals surface area contributed by atoms with E-state index < -0.39 is 74.9 Å². The van der Waals surface area contributed by atoms with Gasteiger partial charge in [0.15, 0.2) is 5.60 Å². The van der Waals surface area contributed by atoms with Crippen molar-refractivity contribution in [3.8, 4) is 5.75 Å². The lowest BCUT2D eigenvalue weighted by Crippen LogP contribution is -2.61. The molecule has 50 heavy (non-hydrogen) atoms. The zero-order chi connectivity index (χ0) is 38.1. The molecule has 9 nitrogen and oxygen atoms in total. The average Bonchev–Trinajstić information content (AvgIpc) is 2.97. The van der Waals surface area contributed by atoms with Gasteiger partial charge < -0.3 is 19.3 Å². The number of aliphatic hydroxyl groups is 1. The van der Waals surface area contributed by atoms with E-state index in [0.717, 1.165) is 18.4 Å². The van der Waals surface area contributed by atoms with Crippen molar-refractivity contribution < 1.29 is 68.2 Å². The van der Waals surface area contributed by atoms with E-state index in [9.17, 15) is 49.5 Å². The van der Waals surface area contributed by atoms with Crippen molar-refractivity contribution in [2.24, 2.45) is 22.7 Å². The molecule has 2 N–H and O–H groups in total. The number of rotatable bonds is 12. The van der Waals surface area contributed by atoms with Crippen LogP contribution >= 0.6 is 0 Å². The third kappa shape index (κ3) is 10.3. The van der Waals surface area contributed by atoms with Gasteiger partial charge in [0, 0.05) is 6.42 Å². The van der Waals surface area contributed by atoms with Crippen molar-refractivity contribution in [2.75, 3.05) is 12.4 Å². The van der Waals surface area contributed by atoms with Gasteiger partial charge >= 0.3 is 24.3 Å². The summed E-state index contributed by atoms with van der Waals surface area (Å²) in [7, 11) is -5.02. The third-order valence-corrected chi connectivity index (χ3v) is 11.1. The standard InChI is InChI=1S/C20H29F3O7S.C14H19F3O2/c1-4-17(2,3)15(24)30-19-8-12-5-13(9-19)7-18(6-12,11-19)16(25)29-14(20(21,22)23)10-31(26,27)28;1-4-10(2)11-6-5-7-12(8-11)19-9-13(3,18)14(15,16)17/h12-14H,4-11H2,1-3H3,(H,26,27,28);5-8,10,18H,4,9H2,1-3H3. The van der Waals surface area contributed by atoms with E-state index in [2.05, 4.69) is 4.74 Å². The van der Waals surface area contributed by atoms with E-state index in [0.29, 0.717) is 50.7 Å². The van der Waals surface area contributed by atoms with Crippen LogP contribution in [-0.2, 0) is 29.2 Å². The van der Waals surface area contributed by atoms with Crippen molar-refractivity contribution in [1.29, 1.82) is 0 Å². The maximum absolute atomic E-state index is 13.3. The summed E-state index contributed by atoms with van der Waals surface area (Å²) in [4.78, 5) is 25.7.